The molecule has 0 amide bonds. The van der Waals surface area contributed by atoms with Crippen molar-refractivity contribution in [2.24, 2.45) is 0 Å². The number of hydrogen-bond acceptors (Lipinski definition) is 2. The normalized spacial score (nSPS) is 10.9. The summed E-state index contributed by atoms with van der Waals surface area (Å²) < 4.78 is 37.0. The van der Waals surface area contributed by atoms with E-state index in [4.69, 9.17) is 10.2 Å². The van der Waals surface area contributed by atoms with E-state index in [0.717, 1.165) is 18.2 Å². The van der Waals surface area contributed by atoms with Gasteiger partial charge in [0.25, 0.3) is 0 Å². The Balaban J connectivity index is 0. The monoisotopic (exact) mass is 272 g/mol. The minimum atomic E-state index is -4.64. The van der Waals surface area contributed by atoms with Crippen LogP contribution in [0.15, 0.2) is 24.3 Å². The summed E-state index contributed by atoms with van der Waals surface area (Å²) in [5, 5.41) is 17.3. The standard InChI is InChI=1S/C10H7F3O4.Na.H/c11-10(12,13)6-3-1-2-5(4-6)7(8(14)15)9(16)17;;/h1-4,7H,(H,14,15)(H,16,17);;/q;+1;-1. The Labute approximate surface area is 123 Å². The molecule has 94 valence electrons. The van der Waals surface area contributed by atoms with Crippen LogP contribution in [0.25, 0.3) is 0 Å². The number of carboxylic acid groups (broad SMARTS) is 2. The van der Waals surface area contributed by atoms with Crippen LogP contribution >= 0.6 is 0 Å². The van der Waals surface area contributed by atoms with Crippen molar-refractivity contribution < 1.29 is 64.0 Å². The van der Waals surface area contributed by atoms with Crippen LogP contribution in [0, 0.1) is 0 Å². The van der Waals surface area contributed by atoms with Gasteiger partial charge in [-0.2, -0.15) is 13.2 Å². The molecule has 1 aromatic carbocycles. The molecule has 18 heavy (non-hydrogen) atoms. The van der Waals surface area contributed by atoms with E-state index in [-0.39, 0.29) is 31.0 Å². The molecular formula is C10H8F3NaO4. The predicted octanol–water partition coefficient (Wildman–Crippen LogP) is -0.925. The first-order valence-electron chi connectivity index (χ1n) is 4.36. The van der Waals surface area contributed by atoms with Crippen molar-refractivity contribution in [2.75, 3.05) is 0 Å². The number of carbonyl (C=O) groups is 2. The fourth-order valence-electron chi connectivity index (χ4n) is 1.29. The first-order chi connectivity index (χ1) is 7.73. The predicted molar refractivity (Wildman–Crippen MR) is 50.6 cm³/mol. The summed E-state index contributed by atoms with van der Waals surface area (Å²) in [6.45, 7) is 0. The van der Waals surface area contributed by atoms with E-state index in [1.165, 1.54) is 0 Å². The summed E-state index contributed by atoms with van der Waals surface area (Å²) in [4.78, 5) is 21.3. The van der Waals surface area contributed by atoms with Crippen LogP contribution in [-0.4, -0.2) is 22.2 Å². The second kappa shape index (κ2) is 6.21. The smallest absolute Gasteiger partial charge is 1.00 e. The van der Waals surface area contributed by atoms with E-state index in [9.17, 15) is 22.8 Å². The number of hydrogen-bond donors (Lipinski definition) is 2. The number of benzene rings is 1. The number of alkyl halides is 3. The van der Waals surface area contributed by atoms with Gasteiger partial charge in [-0.3, -0.25) is 9.59 Å². The molecule has 0 spiro atoms. The fourth-order valence-corrected chi connectivity index (χ4v) is 1.29. The van der Waals surface area contributed by atoms with E-state index in [0.29, 0.717) is 6.07 Å². The summed E-state index contributed by atoms with van der Waals surface area (Å²) in [5.41, 5.74) is -1.50. The molecule has 0 bridgehead atoms. The van der Waals surface area contributed by atoms with E-state index >= 15 is 0 Å². The summed E-state index contributed by atoms with van der Waals surface area (Å²) >= 11 is 0. The van der Waals surface area contributed by atoms with Crippen molar-refractivity contribution in [3.05, 3.63) is 35.4 Å². The second-order valence-corrected chi connectivity index (χ2v) is 3.23. The molecular weight excluding hydrogens is 264 g/mol. The molecule has 1 aromatic rings. The van der Waals surface area contributed by atoms with Crippen LogP contribution in [0.4, 0.5) is 13.2 Å². The van der Waals surface area contributed by atoms with E-state index in [1.807, 2.05) is 0 Å². The van der Waals surface area contributed by atoms with Gasteiger partial charge in [0.2, 0.25) is 0 Å². The number of carboxylic acids is 2. The number of halogens is 3. The topological polar surface area (TPSA) is 74.6 Å². The molecule has 0 aliphatic rings. The molecule has 0 atom stereocenters. The Morgan fingerprint density at radius 2 is 1.67 bits per heavy atom. The van der Waals surface area contributed by atoms with Crippen LogP contribution in [-0.2, 0) is 15.8 Å². The second-order valence-electron chi connectivity index (χ2n) is 3.23. The van der Waals surface area contributed by atoms with E-state index < -0.39 is 35.2 Å². The van der Waals surface area contributed by atoms with Gasteiger partial charge in [0.05, 0.1) is 5.56 Å². The average Bonchev–Trinajstić information content (AvgIpc) is 2.15. The fraction of sp³-hybridized carbons (Fsp3) is 0.200. The van der Waals surface area contributed by atoms with Crippen molar-refractivity contribution in [3.8, 4) is 0 Å². The van der Waals surface area contributed by atoms with Gasteiger partial charge in [0.1, 0.15) is 0 Å². The maximum Gasteiger partial charge on any atom is 1.00 e. The van der Waals surface area contributed by atoms with Gasteiger partial charge in [-0.1, -0.05) is 18.2 Å². The first-order valence-corrected chi connectivity index (χ1v) is 4.36. The minimum Gasteiger partial charge on any atom is -1.00 e. The molecule has 0 unspecified atom stereocenters. The molecule has 0 radical (unpaired) electrons. The van der Waals surface area contributed by atoms with Crippen LogP contribution in [0.2, 0.25) is 0 Å². The Morgan fingerprint density at radius 1 is 1.17 bits per heavy atom. The first kappa shape index (κ1) is 16.9. The maximum atomic E-state index is 12.3. The third kappa shape index (κ3) is 4.01. The van der Waals surface area contributed by atoms with Crippen LogP contribution in [0.3, 0.4) is 0 Å². The van der Waals surface area contributed by atoms with Gasteiger partial charge in [0, 0.05) is 0 Å². The summed E-state index contributed by atoms with van der Waals surface area (Å²) in [6, 6.07) is 3.26. The van der Waals surface area contributed by atoms with Crippen LogP contribution < -0.4 is 29.6 Å². The molecule has 0 fully saturated rings. The zero-order valence-corrected chi connectivity index (χ0v) is 11.2. The van der Waals surface area contributed by atoms with Gasteiger partial charge >= 0.3 is 47.7 Å². The summed E-state index contributed by atoms with van der Waals surface area (Å²) in [6.07, 6.45) is -4.64. The van der Waals surface area contributed by atoms with Crippen molar-refractivity contribution in [3.63, 3.8) is 0 Å². The zero-order chi connectivity index (χ0) is 13.2. The van der Waals surface area contributed by atoms with Gasteiger partial charge in [-0.25, -0.2) is 0 Å². The molecule has 0 heterocycles. The molecule has 0 saturated heterocycles. The van der Waals surface area contributed by atoms with E-state index in [1.54, 1.807) is 0 Å². The van der Waals surface area contributed by atoms with Gasteiger partial charge < -0.3 is 11.6 Å². The molecule has 0 aliphatic heterocycles. The zero-order valence-electron chi connectivity index (χ0n) is 10.2. The van der Waals surface area contributed by atoms with Crippen molar-refractivity contribution >= 4 is 11.9 Å². The van der Waals surface area contributed by atoms with Gasteiger partial charge in [-0.05, 0) is 11.6 Å². The maximum absolute atomic E-state index is 12.3. The molecule has 1 rings (SSSR count). The minimum absolute atomic E-state index is 0. The largest absolute Gasteiger partial charge is 1.00 e. The Morgan fingerprint density at radius 3 is 2.06 bits per heavy atom. The molecule has 4 nitrogen and oxygen atoms in total. The van der Waals surface area contributed by atoms with Crippen molar-refractivity contribution in [1.82, 2.24) is 0 Å². The SMILES string of the molecule is O=C(O)C(C(=O)O)c1cccc(C(F)(F)F)c1.[H-].[Na+]. The van der Waals surface area contributed by atoms with Gasteiger partial charge in [-0.15, -0.1) is 0 Å². The van der Waals surface area contributed by atoms with Crippen LogP contribution in [0.1, 0.15) is 18.5 Å². The third-order valence-corrected chi connectivity index (χ3v) is 2.04. The third-order valence-electron chi connectivity index (χ3n) is 2.04. The molecule has 0 saturated carbocycles. The molecule has 2 N–H and O–H groups in total. The quantitative estimate of drug-likeness (QED) is 0.551. The summed E-state index contributed by atoms with van der Waals surface area (Å²) in [7, 11) is 0. The Hall–Kier alpha value is -1.05. The van der Waals surface area contributed by atoms with Crippen molar-refractivity contribution in [2.45, 2.75) is 12.1 Å². The van der Waals surface area contributed by atoms with E-state index in [2.05, 4.69) is 0 Å². The molecule has 0 aromatic heterocycles. The average molecular weight is 272 g/mol. The molecule has 8 heteroatoms. The van der Waals surface area contributed by atoms with Crippen LogP contribution in [0.5, 0.6) is 0 Å². The van der Waals surface area contributed by atoms with Crippen molar-refractivity contribution in [1.29, 1.82) is 0 Å². The Kier molecular flexibility index (Phi) is 5.85. The van der Waals surface area contributed by atoms with Gasteiger partial charge in [0.15, 0.2) is 5.92 Å². The number of aliphatic carboxylic acids is 2. The molecule has 0 aliphatic carbocycles. The Bertz CT molecular complexity index is 450. The summed E-state index contributed by atoms with van der Waals surface area (Å²) in [5.74, 6) is -5.43. The number of rotatable bonds is 3.